The molecule has 0 saturated carbocycles. The molecule has 0 aliphatic carbocycles. The Labute approximate surface area is 92.3 Å². The first kappa shape index (κ1) is 8.77. The number of hydrogen-bond acceptors (Lipinski definition) is 2. The van der Waals surface area contributed by atoms with Crippen molar-refractivity contribution in [2.24, 2.45) is 0 Å². The van der Waals surface area contributed by atoms with Crippen molar-refractivity contribution in [3.8, 4) is 0 Å². The number of rotatable bonds is 0. The van der Waals surface area contributed by atoms with Crippen LogP contribution in [0.5, 0.6) is 0 Å². The van der Waals surface area contributed by atoms with Gasteiger partial charge in [0.1, 0.15) is 5.82 Å². The Hall–Kier alpha value is 0.190. The monoisotopic (exact) mass is 310 g/mol. The molecule has 0 amide bonds. The summed E-state index contributed by atoms with van der Waals surface area (Å²) in [5, 5.41) is 1.04. The van der Waals surface area contributed by atoms with Crippen LogP contribution in [0.15, 0.2) is 23.1 Å². The minimum atomic E-state index is -0.187. The summed E-state index contributed by atoms with van der Waals surface area (Å²) in [4.78, 5) is 0.954. The number of thiol groups is 1. The van der Waals surface area contributed by atoms with Gasteiger partial charge in [0, 0.05) is 15.0 Å². The molecule has 2 aromatic rings. The molecular formula is C8H4FIS2. The molecule has 1 heterocycles. The molecular weight excluding hydrogens is 306 g/mol. The van der Waals surface area contributed by atoms with Crippen molar-refractivity contribution in [3.05, 3.63) is 26.9 Å². The van der Waals surface area contributed by atoms with Gasteiger partial charge in [-0.1, -0.05) is 0 Å². The number of hydrogen-bond donors (Lipinski definition) is 1. The molecule has 0 unspecified atom stereocenters. The molecule has 0 spiro atoms. The Morgan fingerprint density at radius 1 is 1.42 bits per heavy atom. The molecule has 0 N–H and O–H groups in total. The van der Waals surface area contributed by atoms with Crippen molar-refractivity contribution < 1.29 is 4.39 Å². The van der Waals surface area contributed by atoms with Gasteiger partial charge in [-0.25, -0.2) is 4.39 Å². The molecule has 0 nitrogen and oxygen atoms in total. The maximum absolute atomic E-state index is 12.8. The maximum atomic E-state index is 12.8. The zero-order valence-corrected chi connectivity index (χ0v) is 9.71. The Morgan fingerprint density at radius 3 is 2.92 bits per heavy atom. The zero-order valence-electron chi connectivity index (χ0n) is 5.84. The fourth-order valence-corrected chi connectivity index (χ4v) is 3.29. The van der Waals surface area contributed by atoms with Crippen LogP contribution >= 0.6 is 46.6 Å². The van der Waals surface area contributed by atoms with Crippen molar-refractivity contribution in [1.29, 1.82) is 0 Å². The van der Waals surface area contributed by atoms with E-state index in [0.717, 1.165) is 17.9 Å². The van der Waals surface area contributed by atoms with E-state index in [2.05, 4.69) is 35.2 Å². The topological polar surface area (TPSA) is 0 Å². The standard InChI is InChI=1S/C8H4FIS2/c9-4-1-2-5-6(3-4)12-8(10)7(5)11/h1-3,11H. The lowest BCUT2D eigenvalue weighted by Crippen LogP contribution is -1.70. The molecule has 0 fully saturated rings. The molecule has 2 rings (SSSR count). The third-order valence-electron chi connectivity index (χ3n) is 1.58. The average Bonchev–Trinajstić information content (AvgIpc) is 2.28. The second kappa shape index (κ2) is 3.16. The van der Waals surface area contributed by atoms with Gasteiger partial charge < -0.3 is 0 Å². The summed E-state index contributed by atoms with van der Waals surface area (Å²) >= 11 is 8.10. The number of fused-ring (bicyclic) bond motifs is 1. The van der Waals surface area contributed by atoms with Crippen LogP contribution in [0.2, 0.25) is 0 Å². The highest BCUT2D eigenvalue weighted by Gasteiger charge is 2.06. The van der Waals surface area contributed by atoms with Crippen molar-refractivity contribution in [3.63, 3.8) is 0 Å². The van der Waals surface area contributed by atoms with E-state index >= 15 is 0 Å². The molecule has 0 saturated heterocycles. The van der Waals surface area contributed by atoms with Crippen LogP contribution in [0.4, 0.5) is 4.39 Å². The summed E-state index contributed by atoms with van der Waals surface area (Å²) in [6.45, 7) is 0. The fourth-order valence-electron chi connectivity index (χ4n) is 1.03. The van der Waals surface area contributed by atoms with Gasteiger partial charge in [0.05, 0.1) is 2.88 Å². The van der Waals surface area contributed by atoms with E-state index in [1.165, 1.54) is 6.07 Å². The van der Waals surface area contributed by atoms with Crippen molar-refractivity contribution in [2.75, 3.05) is 0 Å². The molecule has 1 aromatic heterocycles. The maximum Gasteiger partial charge on any atom is 0.124 e. The van der Waals surface area contributed by atoms with Gasteiger partial charge in [0.15, 0.2) is 0 Å². The number of benzene rings is 1. The number of halogens is 2. The predicted molar refractivity (Wildman–Crippen MR) is 61.8 cm³/mol. The van der Waals surface area contributed by atoms with Crippen LogP contribution in [-0.4, -0.2) is 0 Å². The molecule has 4 heteroatoms. The zero-order chi connectivity index (χ0) is 8.72. The van der Waals surface area contributed by atoms with Gasteiger partial charge in [-0.05, 0) is 40.8 Å². The molecule has 12 heavy (non-hydrogen) atoms. The second-order valence-corrected chi connectivity index (χ2v) is 5.68. The lowest BCUT2D eigenvalue weighted by atomic mass is 10.3. The van der Waals surface area contributed by atoms with Crippen LogP contribution < -0.4 is 0 Å². The molecule has 62 valence electrons. The van der Waals surface area contributed by atoms with E-state index in [4.69, 9.17) is 0 Å². The summed E-state index contributed by atoms with van der Waals surface area (Å²) in [6, 6.07) is 4.78. The van der Waals surface area contributed by atoms with E-state index in [-0.39, 0.29) is 5.82 Å². The highest BCUT2D eigenvalue weighted by atomic mass is 127. The first-order valence-electron chi connectivity index (χ1n) is 3.25. The van der Waals surface area contributed by atoms with Gasteiger partial charge in [0.2, 0.25) is 0 Å². The molecule has 0 aliphatic heterocycles. The number of thiophene rings is 1. The first-order valence-corrected chi connectivity index (χ1v) is 5.59. The summed E-state index contributed by atoms with van der Waals surface area (Å²) in [5.74, 6) is -0.187. The summed E-state index contributed by atoms with van der Waals surface area (Å²) < 4.78 is 14.8. The second-order valence-electron chi connectivity index (χ2n) is 2.36. The molecule has 0 atom stereocenters. The van der Waals surface area contributed by atoms with Gasteiger partial charge in [0.25, 0.3) is 0 Å². The smallest absolute Gasteiger partial charge is 0.124 e. The minimum Gasteiger partial charge on any atom is -0.207 e. The van der Waals surface area contributed by atoms with Crippen molar-refractivity contribution >= 4 is 56.6 Å². The summed E-state index contributed by atoms with van der Waals surface area (Å²) in [7, 11) is 0. The van der Waals surface area contributed by atoms with Gasteiger partial charge in [-0.2, -0.15) is 0 Å². The Bertz CT molecular complexity index is 436. The summed E-state index contributed by atoms with van der Waals surface area (Å²) in [6.07, 6.45) is 0. The van der Waals surface area contributed by atoms with Crippen molar-refractivity contribution in [2.45, 2.75) is 4.90 Å². The fraction of sp³-hybridized carbons (Fsp3) is 0. The third kappa shape index (κ3) is 1.36. The van der Waals surface area contributed by atoms with E-state index in [1.807, 2.05) is 0 Å². The SMILES string of the molecule is Fc1ccc2c(S)c(I)sc2c1. The van der Waals surface area contributed by atoms with Crippen LogP contribution in [0.25, 0.3) is 10.1 Å². The van der Waals surface area contributed by atoms with Crippen molar-refractivity contribution in [1.82, 2.24) is 0 Å². The Kier molecular flexibility index (Phi) is 2.31. The van der Waals surface area contributed by atoms with Gasteiger partial charge in [-0.3, -0.25) is 0 Å². The summed E-state index contributed by atoms with van der Waals surface area (Å²) in [5.41, 5.74) is 0. The lowest BCUT2D eigenvalue weighted by Gasteiger charge is -1.89. The minimum absolute atomic E-state index is 0.187. The third-order valence-corrected chi connectivity index (χ3v) is 4.77. The molecule has 0 bridgehead atoms. The lowest BCUT2D eigenvalue weighted by molar-refractivity contribution is 0.630. The van der Waals surface area contributed by atoms with E-state index in [9.17, 15) is 4.39 Å². The predicted octanol–water partition coefficient (Wildman–Crippen LogP) is 3.93. The Balaban J connectivity index is 2.87. The van der Waals surface area contributed by atoms with Crippen LogP contribution in [0, 0.1) is 8.70 Å². The molecule has 1 aromatic carbocycles. The van der Waals surface area contributed by atoms with E-state index < -0.39 is 0 Å². The average molecular weight is 310 g/mol. The largest absolute Gasteiger partial charge is 0.207 e. The highest BCUT2D eigenvalue weighted by molar-refractivity contribution is 14.1. The molecule has 0 radical (unpaired) electrons. The Morgan fingerprint density at radius 2 is 2.17 bits per heavy atom. The highest BCUT2D eigenvalue weighted by Crippen LogP contribution is 2.34. The quantitative estimate of drug-likeness (QED) is 0.553. The normalized spacial score (nSPS) is 10.9. The van der Waals surface area contributed by atoms with E-state index in [1.54, 1.807) is 23.5 Å². The molecule has 0 aliphatic rings. The van der Waals surface area contributed by atoms with Gasteiger partial charge >= 0.3 is 0 Å². The van der Waals surface area contributed by atoms with Crippen LogP contribution in [0.1, 0.15) is 0 Å². The van der Waals surface area contributed by atoms with Crippen LogP contribution in [0.3, 0.4) is 0 Å². The van der Waals surface area contributed by atoms with Crippen LogP contribution in [-0.2, 0) is 0 Å². The first-order chi connectivity index (χ1) is 5.68. The van der Waals surface area contributed by atoms with Gasteiger partial charge in [-0.15, -0.1) is 24.0 Å². The van der Waals surface area contributed by atoms with E-state index in [0.29, 0.717) is 0 Å².